The number of para-hydroxylation sites is 2. The molecule has 3 aromatic rings. The zero-order valence-electron chi connectivity index (χ0n) is 12.6. The minimum absolute atomic E-state index is 0.208. The minimum atomic E-state index is -0.465. The Balaban J connectivity index is 2.01. The quantitative estimate of drug-likeness (QED) is 0.740. The third-order valence-corrected chi connectivity index (χ3v) is 3.46. The molecule has 0 spiro atoms. The largest absolute Gasteiger partial charge is 0.462 e. The number of hydrogen-bond acceptors (Lipinski definition) is 6. The standard InChI is InChI=1S/C15H14ClN5O2/c1-3-23-15(22)9-8-17-21(2)14(9)20-13-12(16)18-10-6-4-5-7-11(10)19-13/h4-8H,3H2,1-2H3,(H,19,20). The van der Waals surface area contributed by atoms with Gasteiger partial charge in [-0.25, -0.2) is 14.8 Å². The van der Waals surface area contributed by atoms with Gasteiger partial charge in [0.15, 0.2) is 11.0 Å². The fourth-order valence-electron chi connectivity index (χ4n) is 2.11. The third kappa shape index (κ3) is 2.95. The van der Waals surface area contributed by atoms with Crippen LogP contribution in [0.3, 0.4) is 0 Å². The number of benzene rings is 1. The highest BCUT2D eigenvalue weighted by Gasteiger charge is 2.19. The van der Waals surface area contributed by atoms with E-state index in [9.17, 15) is 4.79 Å². The number of aryl methyl sites for hydroxylation is 1. The minimum Gasteiger partial charge on any atom is -0.462 e. The van der Waals surface area contributed by atoms with E-state index in [1.54, 1.807) is 14.0 Å². The molecular formula is C15H14ClN5O2. The Labute approximate surface area is 137 Å². The molecule has 3 rings (SSSR count). The first-order chi connectivity index (χ1) is 11.1. The lowest BCUT2D eigenvalue weighted by Crippen LogP contribution is -2.09. The summed E-state index contributed by atoms with van der Waals surface area (Å²) in [5, 5.41) is 7.29. The van der Waals surface area contributed by atoms with Gasteiger partial charge in [-0.2, -0.15) is 5.10 Å². The van der Waals surface area contributed by atoms with Crippen molar-refractivity contribution in [3.8, 4) is 0 Å². The van der Waals surface area contributed by atoms with Crippen LogP contribution in [-0.4, -0.2) is 32.3 Å². The Hall–Kier alpha value is -2.67. The summed E-state index contributed by atoms with van der Waals surface area (Å²) in [5.41, 5.74) is 1.69. The first-order valence-electron chi connectivity index (χ1n) is 6.98. The maximum Gasteiger partial charge on any atom is 0.343 e. The number of esters is 1. The second kappa shape index (κ2) is 6.21. The number of fused-ring (bicyclic) bond motifs is 1. The van der Waals surface area contributed by atoms with Crippen molar-refractivity contribution in [1.82, 2.24) is 19.7 Å². The van der Waals surface area contributed by atoms with Gasteiger partial charge in [0, 0.05) is 7.05 Å². The van der Waals surface area contributed by atoms with Crippen LogP contribution in [0.2, 0.25) is 5.15 Å². The van der Waals surface area contributed by atoms with Crippen molar-refractivity contribution in [3.05, 3.63) is 41.2 Å². The molecule has 23 heavy (non-hydrogen) atoms. The number of anilines is 2. The van der Waals surface area contributed by atoms with Gasteiger partial charge in [0.2, 0.25) is 0 Å². The Morgan fingerprint density at radius 3 is 2.70 bits per heavy atom. The lowest BCUT2D eigenvalue weighted by molar-refractivity contribution is 0.0527. The van der Waals surface area contributed by atoms with Gasteiger partial charge < -0.3 is 10.1 Å². The number of aromatic nitrogens is 4. The smallest absolute Gasteiger partial charge is 0.343 e. The zero-order chi connectivity index (χ0) is 16.4. The summed E-state index contributed by atoms with van der Waals surface area (Å²) < 4.78 is 6.53. The molecule has 118 valence electrons. The van der Waals surface area contributed by atoms with Crippen molar-refractivity contribution in [3.63, 3.8) is 0 Å². The van der Waals surface area contributed by atoms with E-state index >= 15 is 0 Å². The maximum absolute atomic E-state index is 12.0. The van der Waals surface area contributed by atoms with Gasteiger partial charge >= 0.3 is 5.97 Å². The SMILES string of the molecule is CCOC(=O)c1cnn(C)c1Nc1nc2ccccc2nc1Cl. The van der Waals surface area contributed by atoms with Crippen LogP contribution in [0, 0.1) is 0 Å². The topological polar surface area (TPSA) is 81.9 Å². The molecule has 0 amide bonds. The number of nitrogens with zero attached hydrogens (tertiary/aromatic N) is 4. The second-order valence-corrected chi connectivity index (χ2v) is 5.09. The highest BCUT2D eigenvalue weighted by Crippen LogP contribution is 2.26. The molecule has 8 heteroatoms. The van der Waals surface area contributed by atoms with Crippen molar-refractivity contribution < 1.29 is 9.53 Å². The van der Waals surface area contributed by atoms with Crippen LogP contribution < -0.4 is 5.32 Å². The molecule has 0 bridgehead atoms. The van der Waals surface area contributed by atoms with Crippen LogP contribution in [0.15, 0.2) is 30.5 Å². The van der Waals surface area contributed by atoms with Crippen molar-refractivity contribution in [1.29, 1.82) is 0 Å². The Kier molecular flexibility index (Phi) is 4.12. The predicted octanol–water partition coefficient (Wildman–Crippen LogP) is 2.94. The first kappa shape index (κ1) is 15.2. The van der Waals surface area contributed by atoms with Crippen LogP contribution >= 0.6 is 11.6 Å². The predicted molar refractivity (Wildman–Crippen MR) is 87.0 cm³/mol. The summed E-state index contributed by atoms with van der Waals surface area (Å²) in [7, 11) is 1.70. The molecule has 1 aromatic carbocycles. The zero-order valence-corrected chi connectivity index (χ0v) is 13.3. The fourth-order valence-corrected chi connectivity index (χ4v) is 2.29. The monoisotopic (exact) mass is 331 g/mol. The van der Waals surface area contributed by atoms with Crippen LogP contribution in [0.5, 0.6) is 0 Å². The molecule has 0 fully saturated rings. The summed E-state index contributed by atoms with van der Waals surface area (Å²) in [6.07, 6.45) is 1.43. The molecular weight excluding hydrogens is 318 g/mol. The Bertz CT molecular complexity index is 877. The summed E-state index contributed by atoms with van der Waals surface area (Å²) in [5.74, 6) is 0.322. The molecule has 0 aliphatic rings. The van der Waals surface area contributed by atoms with Crippen molar-refractivity contribution in [2.75, 3.05) is 11.9 Å². The van der Waals surface area contributed by atoms with E-state index in [1.165, 1.54) is 10.9 Å². The van der Waals surface area contributed by atoms with Crippen LogP contribution in [0.1, 0.15) is 17.3 Å². The van der Waals surface area contributed by atoms with Gasteiger partial charge in [-0.05, 0) is 19.1 Å². The van der Waals surface area contributed by atoms with Crippen molar-refractivity contribution in [2.24, 2.45) is 7.05 Å². The van der Waals surface area contributed by atoms with Gasteiger partial charge in [0.05, 0.1) is 23.8 Å². The molecule has 0 saturated carbocycles. The van der Waals surface area contributed by atoms with Crippen molar-refractivity contribution in [2.45, 2.75) is 6.92 Å². The number of nitrogens with one attached hydrogen (secondary N) is 1. The van der Waals surface area contributed by atoms with Gasteiger partial charge in [-0.1, -0.05) is 23.7 Å². The molecule has 7 nitrogen and oxygen atoms in total. The number of ether oxygens (including phenoxy) is 1. The highest BCUT2D eigenvalue weighted by molar-refractivity contribution is 6.32. The number of halogens is 1. The molecule has 0 aliphatic carbocycles. The third-order valence-electron chi connectivity index (χ3n) is 3.20. The number of hydrogen-bond donors (Lipinski definition) is 1. The maximum atomic E-state index is 12.0. The molecule has 0 unspecified atom stereocenters. The molecule has 0 radical (unpaired) electrons. The molecule has 2 heterocycles. The van der Waals surface area contributed by atoms with Crippen molar-refractivity contribution >= 4 is 40.2 Å². The van der Waals surface area contributed by atoms with Crippen LogP contribution in [0.4, 0.5) is 11.6 Å². The van der Waals surface area contributed by atoms with E-state index < -0.39 is 5.97 Å². The van der Waals surface area contributed by atoms with Gasteiger partial charge in [-0.3, -0.25) is 4.68 Å². The summed E-state index contributed by atoms with van der Waals surface area (Å²) in [6.45, 7) is 2.02. The average Bonchev–Trinajstić information content (AvgIpc) is 2.89. The highest BCUT2D eigenvalue weighted by atomic mass is 35.5. The molecule has 1 N–H and O–H groups in total. The number of carbonyl (C=O) groups is 1. The van der Waals surface area contributed by atoms with E-state index in [4.69, 9.17) is 16.3 Å². The van der Waals surface area contributed by atoms with E-state index in [1.807, 2.05) is 24.3 Å². The van der Waals surface area contributed by atoms with Gasteiger partial charge in [0.1, 0.15) is 11.4 Å². The Morgan fingerprint density at radius 2 is 2.00 bits per heavy atom. The first-order valence-corrected chi connectivity index (χ1v) is 7.36. The Morgan fingerprint density at radius 1 is 1.30 bits per heavy atom. The lowest BCUT2D eigenvalue weighted by atomic mass is 10.3. The molecule has 2 aromatic heterocycles. The summed E-state index contributed by atoms with van der Waals surface area (Å²) >= 11 is 6.18. The second-order valence-electron chi connectivity index (χ2n) is 4.73. The normalized spacial score (nSPS) is 10.7. The molecule has 0 atom stereocenters. The summed E-state index contributed by atoms with van der Waals surface area (Å²) in [6, 6.07) is 7.38. The van der Waals surface area contributed by atoms with E-state index in [2.05, 4.69) is 20.4 Å². The van der Waals surface area contributed by atoms with Gasteiger partial charge in [-0.15, -0.1) is 0 Å². The molecule has 0 saturated heterocycles. The summed E-state index contributed by atoms with van der Waals surface area (Å²) in [4.78, 5) is 20.7. The average molecular weight is 332 g/mol. The lowest BCUT2D eigenvalue weighted by Gasteiger charge is -2.10. The van der Waals surface area contributed by atoms with E-state index in [0.29, 0.717) is 28.2 Å². The number of carbonyl (C=O) groups excluding carboxylic acids is 1. The van der Waals surface area contributed by atoms with E-state index in [-0.39, 0.29) is 11.8 Å². The molecule has 0 aliphatic heterocycles. The van der Waals surface area contributed by atoms with E-state index in [0.717, 1.165) is 0 Å². The van der Waals surface area contributed by atoms with Crippen LogP contribution in [-0.2, 0) is 11.8 Å². The fraction of sp³-hybridized carbons (Fsp3) is 0.200. The number of rotatable bonds is 4. The van der Waals surface area contributed by atoms with Crippen LogP contribution in [0.25, 0.3) is 11.0 Å². The van der Waals surface area contributed by atoms with Gasteiger partial charge in [0.25, 0.3) is 0 Å².